The molecule has 1 saturated carbocycles. The van der Waals surface area contributed by atoms with Gasteiger partial charge in [0, 0.05) is 24.5 Å². The number of carbonyl (C=O) groups is 1. The van der Waals surface area contributed by atoms with Gasteiger partial charge in [0.15, 0.2) is 0 Å². The van der Waals surface area contributed by atoms with Crippen molar-refractivity contribution in [2.45, 2.75) is 44.8 Å². The first kappa shape index (κ1) is 29.1. The standard InChI is InChI=1S/C30H31F3N6O3/c1-18-25(27(40)42-3)26(24-11-10-20(16-34)14-21(24)12-13-37(2)17-19-6-4-7-19)39-28(35-36-29(39)41)38(18)23-9-5-8-22(15-23)30(31,32)33/h5,8-11,14-15,19,26H,4,6-7,12-13,17H2,1-3H3,(H,36,41)/t26-/m1/s1. The van der Waals surface area contributed by atoms with E-state index in [1.54, 1.807) is 25.1 Å². The van der Waals surface area contributed by atoms with E-state index in [1.165, 1.54) is 48.0 Å². The van der Waals surface area contributed by atoms with E-state index in [-0.39, 0.29) is 22.9 Å². The van der Waals surface area contributed by atoms with Crippen molar-refractivity contribution >= 4 is 17.6 Å². The van der Waals surface area contributed by atoms with Gasteiger partial charge in [0.2, 0.25) is 5.95 Å². The third kappa shape index (κ3) is 5.44. The Kier molecular flexibility index (Phi) is 7.97. The SMILES string of the molecule is COC(=O)C1=C(C)N(c2cccc(C(F)(F)F)c2)c2n[nH]c(=O)n2[C@@H]1c1ccc(C#N)cc1CCN(C)CC1CCC1. The number of rotatable bonds is 8. The van der Waals surface area contributed by atoms with Crippen LogP contribution in [0, 0.1) is 17.2 Å². The van der Waals surface area contributed by atoms with Gasteiger partial charge in [-0.25, -0.2) is 19.3 Å². The fourth-order valence-corrected chi connectivity index (χ4v) is 5.76. The molecule has 3 aromatic rings. The van der Waals surface area contributed by atoms with Crippen molar-refractivity contribution in [3.63, 3.8) is 0 Å². The second kappa shape index (κ2) is 11.5. The number of likely N-dealkylation sites (N-methyl/N-ethyl adjacent to an activating group) is 1. The Morgan fingerprint density at radius 2 is 2.00 bits per heavy atom. The minimum absolute atomic E-state index is 0.0203. The predicted octanol–water partition coefficient (Wildman–Crippen LogP) is 4.92. The van der Waals surface area contributed by atoms with Crippen molar-refractivity contribution in [1.29, 1.82) is 5.26 Å². The third-order valence-electron chi connectivity index (χ3n) is 8.10. The fourth-order valence-electron chi connectivity index (χ4n) is 5.76. The van der Waals surface area contributed by atoms with Crippen molar-refractivity contribution < 1.29 is 22.7 Å². The molecule has 12 heteroatoms. The Balaban J connectivity index is 1.65. The van der Waals surface area contributed by atoms with Crippen molar-refractivity contribution in [3.8, 4) is 6.07 Å². The molecule has 9 nitrogen and oxygen atoms in total. The van der Waals surface area contributed by atoms with Crippen molar-refractivity contribution in [2.24, 2.45) is 5.92 Å². The number of esters is 1. The molecule has 42 heavy (non-hydrogen) atoms. The zero-order chi connectivity index (χ0) is 30.2. The average molecular weight is 581 g/mol. The minimum atomic E-state index is -4.61. The summed E-state index contributed by atoms with van der Waals surface area (Å²) in [6, 6.07) is 10.8. The highest BCUT2D eigenvalue weighted by atomic mass is 19.4. The van der Waals surface area contributed by atoms with Crippen molar-refractivity contribution in [3.05, 3.63) is 86.5 Å². The normalized spacial score (nSPS) is 17.2. The van der Waals surface area contributed by atoms with Crippen LogP contribution in [0.1, 0.15) is 54.5 Å². The molecule has 1 N–H and O–H groups in total. The van der Waals surface area contributed by atoms with Crippen LogP contribution in [0.2, 0.25) is 0 Å². The monoisotopic (exact) mass is 580 g/mol. The first-order valence-corrected chi connectivity index (χ1v) is 13.7. The summed E-state index contributed by atoms with van der Waals surface area (Å²) < 4.78 is 47.2. The van der Waals surface area contributed by atoms with Crippen LogP contribution in [0.25, 0.3) is 0 Å². The maximum atomic E-state index is 13.6. The van der Waals surface area contributed by atoms with Gasteiger partial charge in [-0.1, -0.05) is 18.6 Å². The van der Waals surface area contributed by atoms with Gasteiger partial charge >= 0.3 is 17.8 Å². The lowest BCUT2D eigenvalue weighted by Gasteiger charge is -2.36. The van der Waals surface area contributed by atoms with Gasteiger partial charge in [-0.05, 0) is 80.6 Å². The number of anilines is 2. The second-order valence-electron chi connectivity index (χ2n) is 10.8. The van der Waals surface area contributed by atoms with E-state index in [0.29, 0.717) is 30.0 Å². The lowest BCUT2D eigenvalue weighted by molar-refractivity contribution is -0.138. The summed E-state index contributed by atoms with van der Waals surface area (Å²) in [4.78, 5) is 30.2. The molecular formula is C30H31F3N6O3. The molecular weight excluding hydrogens is 549 g/mol. The number of allylic oxidation sites excluding steroid dienone is 1. The highest BCUT2D eigenvalue weighted by Gasteiger charge is 2.41. The fraction of sp³-hybridized carbons (Fsp3) is 0.400. The smallest absolute Gasteiger partial charge is 0.416 e. The van der Waals surface area contributed by atoms with Crippen molar-refractivity contribution in [2.75, 3.05) is 32.1 Å². The Hall–Kier alpha value is -4.37. The number of nitrogens with zero attached hydrogens (tertiary/aromatic N) is 5. The van der Waals surface area contributed by atoms with E-state index in [1.807, 2.05) is 7.05 Å². The number of alkyl halides is 3. The van der Waals surface area contributed by atoms with E-state index in [9.17, 15) is 28.0 Å². The summed E-state index contributed by atoms with van der Waals surface area (Å²) in [6.07, 6.45) is -0.399. The lowest BCUT2D eigenvalue weighted by atomic mass is 9.85. The van der Waals surface area contributed by atoms with E-state index in [2.05, 4.69) is 21.2 Å². The second-order valence-corrected chi connectivity index (χ2v) is 10.8. The van der Waals surface area contributed by atoms with Gasteiger partial charge < -0.3 is 9.64 Å². The van der Waals surface area contributed by atoms with Crippen LogP contribution in [0.5, 0.6) is 0 Å². The van der Waals surface area contributed by atoms with E-state index in [0.717, 1.165) is 24.2 Å². The number of fused-ring (bicyclic) bond motifs is 1. The van der Waals surface area contributed by atoms with Crippen LogP contribution < -0.4 is 10.6 Å². The number of H-pyrrole nitrogens is 1. The molecule has 1 aliphatic heterocycles. The zero-order valence-corrected chi connectivity index (χ0v) is 23.5. The van der Waals surface area contributed by atoms with Gasteiger partial charge in [-0.2, -0.15) is 18.4 Å². The Morgan fingerprint density at radius 1 is 1.24 bits per heavy atom. The number of nitriles is 1. The molecule has 2 heterocycles. The molecule has 2 aromatic carbocycles. The topological polar surface area (TPSA) is 107 Å². The van der Waals surface area contributed by atoms with Crippen LogP contribution in [0.3, 0.4) is 0 Å². The number of aromatic nitrogens is 3. The first-order valence-electron chi connectivity index (χ1n) is 13.7. The van der Waals surface area contributed by atoms with Gasteiger partial charge in [0.05, 0.1) is 29.9 Å². The summed E-state index contributed by atoms with van der Waals surface area (Å²) in [5.74, 6) is -0.0545. The maximum Gasteiger partial charge on any atom is 0.416 e. The van der Waals surface area contributed by atoms with Gasteiger partial charge in [0.25, 0.3) is 0 Å². The predicted molar refractivity (Wildman–Crippen MR) is 149 cm³/mol. The average Bonchev–Trinajstić information content (AvgIpc) is 3.32. The number of hydrogen-bond acceptors (Lipinski definition) is 7. The first-order chi connectivity index (χ1) is 20.0. The van der Waals surface area contributed by atoms with Crippen LogP contribution in [-0.4, -0.2) is 52.9 Å². The number of nitrogens with one attached hydrogen (secondary N) is 1. The van der Waals surface area contributed by atoms with E-state index >= 15 is 0 Å². The molecule has 0 spiro atoms. The molecule has 1 aromatic heterocycles. The van der Waals surface area contributed by atoms with Crippen LogP contribution >= 0.6 is 0 Å². The Morgan fingerprint density at radius 3 is 2.64 bits per heavy atom. The quantitative estimate of drug-likeness (QED) is 0.377. The summed E-state index contributed by atoms with van der Waals surface area (Å²) in [5.41, 5.74) is 0.643. The highest BCUT2D eigenvalue weighted by Crippen LogP contribution is 2.43. The number of aromatic amines is 1. The molecule has 1 atom stereocenters. The zero-order valence-electron chi connectivity index (χ0n) is 23.5. The van der Waals surface area contributed by atoms with E-state index in [4.69, 9.17) is 4.74 Å². The van der Waals surface area contributed by atoms with Crippen LogP contribution in [-0.2, 0) is 22.1 Å². The van der Waals surface area contributed by atoms with E-state index < -0.39 is 29.4 Å². The number of halogens is 3. The molecule has 2 aliphatic rings. The van der Waals surface area contributed by atoms with Crippen LogP contribution in [0.4, 0.5) is 24.8 Å². The van der Waals surface area contributed by atoms with Crippen LogP contribution in [0.15, 0.2) is 58.5 Å². The van der Waals surface area contributed by atoms with Gasteiger partial charge in [-0.15, -0.1) is 5.10 Å². The number of hydrogen-bond donors (Lipinski definition) is 1. The molecule has 1 fully saturated rings. The molecule has 0 unspecified atom stereocenters. The summed E-state index contributed by atoms with van der Waals surface area (Å²) in [7, 11) is 3.25. The minimum Gasteiger partial charge on any atom is -0.466 e. The van der Waals surface area contributed by atoms with Crippen molar-refractivity contribution in [1.82, 2.24) is 19.7 Å². The maximum absolute atomic E-state index is 13.6. The van der Waals surface area contributed by atoms with Gasteiger partial charge in [-0.3, -0.25) is 4.90 Å². The van der Waals surface area contributed by atoms with Gasteiger partial charge in [0.1, 0.15) is 6.04 Å². The molecule has 0 saturated heterocycles. The number of carbonyl (C=O) groups excluding carboxylic acids is 1. The Bertz CT molecular complexity index is 1630. The highest BCUT2D eigenvalue weighted by molar-refractivity contribution is 5.93. The molecule has 0 amide bonds. The largest absolute Gasteiger partial charge is 0.466 e. The molecule has 0 bridgehead atoms. The molecule has 1 aliphatic carbocycles. The molecule has 0 radical (unpaired) electrons. The number of benzene rings is 2. The third-order valence-corrected chi connectivity index (χ3v) is 8.10. The molecule has 220 valence electrons. The summed E-state index contributed by atoms with van der Waals surface area (Å²) in [6.45, 7) is 3.23. The Labute approximate surface area is 240 Å². The molecule has 5 rings (SSSR count). The lowest BCUT2D eigenvalue weighted by Crippen LogP contribution is -2.38. The summed E-state index contributed by atoms with van der Waals surface area (Å²) >= 11 is 0. The number of methoxy groups -OCH3 is 1. The number of ether oxygens (including phenoxy) is 1. The summed E-state index contributed by atoms with van der Waals surface area (Å²) in [5, 5.41) is 16.2.